The highest BCUT2D eigenvalue weighted by atomic mass is 16.5. The number of benzene rings is 3. The van der Waals surface area contributed by atoms with Crippen LogP contribution in [0.1, 0.15) is 30.0 Å². The molecule has 7 heteroatoms. The van der Waals surface area contributed by atoms with Crippen LogP contribution >= 0.6 is 0 Å². The van der Waals surface area contributed by atoms with Crippen molar-refractivity contribution >= 4 is 17.5 Å². The van der Waals surface area contributed by atoms with E-state index in [9.17, 15) is 9.59 Å². The third kappa shape index (κ3) is 5.93. The normalized spacial score (nSPS) is 15.0. The molecule has 0 unspecified atom stereocenters. The first kappa shape index (κ1) is 24.1. The SMILES string of the molecule is CC[C@H]1Oc2ccc(NC(=O)Cc3ccc(OC)cc3)cc2CN(Cc2cccc(OC)c2)C1=O. The predicted molar refractivity (Wildman–Crippen MR) is 134 cm³/mol. The Balaban J connectivity index is 1.51. The third-order valence-corrected chi connectivity index (χ3v) is 5.96. The van der Waals surface area contributed by atoms with E-state index in [1.807, 2.05) is 67.6 Å². The molecule has 0 fully saturated rings. The van der Waals surface area contributed by atoms with E-state index >= 15 is 0 Å². The molecule has 1 atom stereocenters. The molecule has 3 aromatic rings. The van der Waals surface area contributed by atoms with Gasteiger partial charge in [0.05, 0.1) is 20.6 Å². The van der Waals surface area contributed by atoms with Gasteiger partial charge in [0.2, 0.25) is 5.91 Å². The number of nitrogens with zero attached hydrogens (tertiary/aromatic N) is 1. The monoisotopic (exact) mass is 474 g/mol. The minimum atomic E-state index is -0.558. The lowest BCUT2D eigenvalue weighted by molar-refractivity contribution is -0.139. The van der Waals surface area contributed by atoms with Crippen molar-refractivity contribution in [2.45, 2.75) is 39.0 Å². The summed E-state index contributed by atoms with van der Waals surface area (Å²) in [5.41, 5.74) is 3.37. The van der Waals surface area contributed by atoms with E-state index in [1.54, 1.807) is 25.2 Å². The van der Waals surface area contributed by atoms with E-state index in [4.69, 9.17) is 14.2 Å². The van der Waals surface area contributed by atoms with Crippen molar-refractivity contribution in [3.05, 3.63) is 83.4 Å². The zero-order valence-corrected chi connectivity index (χ0v) is 20.2. The van der Waals surface area contributed by atoms with Crippen LogP contribution in [0.5, 0.6) is 17.2 Å². The first-order chi connectivity index (χ1) is 17.0. The maximum absolute atomic E-state index is 13.2. The van der Waals surface area contributed by atoms with Gasteiger partial charge in [0, 0.05) is 24.3 Å². The molecule has 0 aliphatic carbocycles. The van der Waals surface area contributed by atoms with Crippen LogP contribution in [0.25, 0.3) is 0 Å². The molecule has 0 saturated carbocycles. The minimum absolute atomic E-state index is 0.0587. The van der Waals surface area contributed by atoms with Crippen LogP contribution in [0, 0.1) is 0 Å². The fourth-order valence-electron chi connectivity index (χ4n) is 4.10. The number of fused-ring (bicyclic) bond motifs is 1. The quantitative estimate of drug-likeness (QED) is 0.517. The second-order valence-electron chi connectivity index (χ2n) is 8.46. The highest BCUT2D eigenvalue weighted by Gasteiger charge is 2.30. The van der Waals surface area contributed by atoms with Crippen LogP contribution in [-0.2, 0) is 29.1 Å². The van der Waals surface area contributed by atoms with Gasteiger partial charge in [0.1, 0.15) is 17.2 Å². The standard InChI is InChI=1S/C28H30N2O5/c1-4-25-28(32)30(17-20-6-5-7-24(14-20)34-3)18-21-16-22(10-13-26(21)35-25)29-27(31)15-19-8-11-23(33-2)12-9-19/h5-14,16,25H,4,15,17-18H2,1-3H3,(H,29,31)/t25-/m1/s1. The summed E-state index contributed by atoms with van der Waals surface area (Å²) in [6.45, 7) is 2.75. The van der Waals surface area contributed by atoms with Crippen LogP contribution in [0.15, 0.2) is 66.7 Å². The molecule has 0 aromatic heterocycles. The van der Waals surface area contributed by atoms with Crippen molar-refractivity contribution in [3.63, 3.8) is 0 Å². The number of nitrogens with one attached hydrogen (secondary N) is 1. The highest BCUT2D eigenvalue weighted by molar-refractivity contribution is 5.92. The molecule has 182 valence electrons. The first-order valence-electron chi connectivity index (χ1n) is 11.6. The smallest absolute Gasteiger partial charge is 0.264 e. The molecule has 1 N–H and O–H groups in total. The second kappa shape index (κ2) is 11.0. The molecule has 1 aliphatic rings. The molecule has 35 heavy (non-hydrogen) atoms. The molecule has 1 heterocycles. The number of carbonyl (C=O) groups is 2. The first-order valence-corrected chi connectivity index (χ1v) is 11.6. The van der Waals surface area contributed by atoms with Crippen molar-refractivity contribution < 1.29 is 23.8 Å². The van der Waals surface area contributed by atoms with Crippen molar-refractivity contribution in [3.8, 4) is 17.2 Å². The van der Waals surface area contributed by atoms with E-state index in [-0.39, 0.29) is 18.2 Å². The number of methoxy groups -OCH3 is 2. The van der Waals surface area contributed by atoms with Crippen molar-refractivity contribution in [2.75, 3.05) is 19.5 Å². The Morgan fingerprint density at radius 3 is 2.49 bits per heavy atom. The topological polar surface area (TPSA) is 77.1 Å². The Hall–Kier alpha value is -4.00. The minimum Gasteiger partial charge on any atom is -0.497 e. The van der Waals surface area contributed by atoms with Crippen LogP contribution in [0.3, 0.4) is 0 Å². The summed E-state index contributed by atoms with van der Waals surface area (Å²) in [6, 6.07) is 20.6. The summed E-state index contributed by atoms with van der Waals surface area (Å²) in [5.74, 6) is 1.97. The maximum atomic E-state index is 13.2. The van der Waals surface area contributed by atoms with Gasteiger partial charge in [-0.25, -0.2) is 0 Å². The Morgan fingerprint density at radius 2 is 1.77 bits per heavy atom. The zero-order chi connectivity index (χ0) is 24.8. The lowest BCUT2D eigenvalue weighted by Crippen LogP contribution is -2.38. The average molecular weight is 475 g/mol. The number of anilines is 1. The van der Waals surface area contributed by atoms with Crippen molar-refractivity contribution in [1.82, 2.24) is 4.90 Å². The fraction of sp³-hybridized carbons (Fsp3) is 0.286. The molecule has 0 radical (unpaired) electrons. The summed E-state index contributed by atoms with van der Waals surface area (Å²) >= 11 is 0. The maximum Gasteiger partial charge on any atom is 0.264 e. The molecule has 1 aliphatic heterocycles. The van der Waals surface area contributed by atoms with E-state index in [2.05, 4.69) is 5.32 Å². The number of carbonyl (C=O) groups excluding carboxylic acids is 2. The summed E-state index contributed by atoms with van der Waals surface area (Å²) in [5, 5.41) is 2.96. The van der Waals surface area contributed by atoms with Gasteiger partial charge >= 0.3 is 0 Å². The molecule has 7 nitrogen and oxygen atoms in total. The molecular formula is C28H30N2O5. The summed E-state index contributed by atoms with van der Waals surface area (Å²) in [6.07, 6.45) is 0.251. The van der Waals surface area contributed by atoms with Gasteiger partial charge in [-0.15, -0.1) is 0 Å². The molecule has 3 aromatic carbocycles. The molecule has 0 spiro atoms. The Labute approximate surface area is 205 Å². The third-order valence-electron chi connectivity index (χ3n) is 5.96. The molecule has 0 bridgehead atoms. The number of ether oxygens (including phenoxy) is 3. The Kier molecular flexibility index (Phi) is 7.55. The van der Waals surface area contributed by atoms with E-state index in [0.717, 1.165) is 28.2 Å². The van der Waals surface area contributed by atoms with E-state index < -0.39 is 6.10 Å². The highest BCUT2D eigenvalue weighted by Crippen LogP contribution is 2.30. The number of hydrogen-bond acceptors (Lipinski definition) is 5. The zero-order valence-electron chi connectivity index (χ0n) is 20.2. The van der Waals surface area contributed by atoms with Crippen molar-refractivity contribution in [1.29, 1.82) is 0 Å². The molecule has 4 rings (SSSR count). The number of amides is 2. The van der Waals surface area contributed by atoms with E-state index in [0.29, 0.717) is 30.9 Å². The van der Waals surface area contributed by atoms with Crippen LogP contribution in [0.4, 0.5) is 5.69 Å². The summed E-state index contributed by atoms with van der Waals surface area (Å²) < 4.78 is 16.6. The molecule has 0 saturated heterocycles. The van der Waals surface area contributed by atoms with Gasteiger partial charge in [0.15, 0.2) is 6.10 Å². The summed E-state index contributed by atoms with van der Waals surface area (Å²) in [7, 11) is 3.23. The fourth-order valence-corrected chi connectivity index (χ4v) is 4.10. The van der Waals surface area contributed by atoms with Gasteiger partial charge in [-0.2, -0.15) is 0 Å². The van der Waals surface area contributed by atoms with Crippen LogP contribution < -0.4 is 19.5 Å². The predicted octanol–water partition coefficient (Wildman–Crippen LogP) is 4.58. The van der Waals surface area contributed by atoms with Gasteiger partial charge in [0.25, 0.3) is 5.91 Å². The molecular weight excluding hydrogens is 444 g/mol. The van der Waals surface area contributed by atoms with Gasteiger partial charge in [-0.05, 0) is 60.0 Å². The van der Waals surface area contributed by atoms with Gasteiger partial charge in [-0.1, -0.05) is 31.2 Å². The Morgan fingerprint density at radius 1 is 1.00 bits per heavy atom. The largest absolute Gasteiger partial charge is 0.497 e. The summed E-state index contributed by atoms with van der Waals surface area (Å²) in [4.78, 5) is 27.6. The lowest BCUT2D eigenvalue weighted by atomic mass is 10.1. The number of hydrogen-bond donors (Lipinski definition) is 1. The molecule has 2 amide bonds. The van der Waals surface area contributed by atoms with Gasteiger partial charge in [-0.3, -0.25) is 9.59 Å². The van der Waals surface area contributed by atoms with Crippen molar-refractivity contribution in [2.24, 2.45) is 0 Å². The average Bonchev–Trinajstić information content (AvgIpc) is 3.00. The Bertz CT molecular complexity index is 1190. The van der Waals surface area contributed by atoms with E-state index in [1.165, 1.54) is 0 Å². The second-order valence-corrected chi connectivity index (χ2v) is 8.46. The van der Waals surface area contributed by atoms with Crippen LogP contribution in [0.2, 0.25) is 0 Å². The number of rotatable bonds is 8. The van der Waals surface area contributed by atoms with Gasteiger partial charge < -0.3 is 24.4 Å². The van der Waals surface area contributed by atoms with Crippen LogP contribution in [-0.4, -0.2) is 37.0 Å². The lowest BCUT2D eigenvalue weighted by Gasteiger charge is -2.23.